The Morgan fingerprint density at radius 2 is 2.00 bits per heavy atom. The van der Waals surface area contributed by atoms with Crippen molar-refractivity contribution < 1.29 is 5.11 Å². The summed E-state index contributed by atoms with van der Waals surface area (Å²) in [5.74, 6) is 2.22. The van der Waals surface area contributed by atoms with Crippen molar-refractivity contribution in [3.63, 3.8) is 0 Å². The first-order valence-corrected chi connectivity index (χ1v) is 6.24. The third kappa shape index (κ3) is 1.76. The molecule has 1 aliphatic carbocycles. The lowest BCUT2D eigenvalue weighted by molar-refractivity contribution is 0.0576. The van der Waals surface area contributed by atoms with E-state index in [1.54, 1.807) is 0 Å². The van der Waals surface area contributed by atoms with Gasteiger partial charge in [-0.3, -0.25) is 4.90 Å². The molecule has 0 bridgehead atoms. The lowest BCUT2D eigenvalue weighted by Gasteiger charge is -2.38. The van der Waals surface area contributed by atoms with E-state index in [4.69, 9.17) is 0 Å². The van der Waals surface area contributed by atoms with Crippen LogP contribution in [0, 0.1) is 17.8 Å². The predicted molar refractivity (Wildman–Crippen MR) is 63.9 cm³/mol. The zero-order chi connectivity index (χ0) is 11.0. The summed E-state index contributed by atoms with van der Waals surface area (Å²) in [5, 5.41) is 9.19. The fraction of sp³-hybridized carbons (Fsp3) is 0.571. The SMILES string of the molecule is OCC1C[C@@H]2CN(Cc3ccccc3)C[C@H]12. The van der Waals surface area contributed by atoms with Gasteiger partial charge >= 0.3 is 0 Å². The van der Waals surface area contributed by atoms with Gasteiger partial charge in [-0.25, -0.2) is 0 Å². The summed E-state index contributed by atoms with van der Waals surface area (Å²) in [4.78, 5) is 2.54. The Kier molecular flexibility index (Phi) is 2.70. The molecule has 3 rings (SSSR count). The highest BCUT2D eigenvalue weighted by Gasteiger charge is 2.46. The number of hydrogen-bond acceptors (Lipinski definition) is 2. The zero-order valence-corrected chi connectivity index (χ0v) is 9.55. The number of hydrogen-bond donors (Lipinski definition) is 1. The van der Waals surface area contributed by atoms with Gasteiger partial charge in [0.15, 0.2) is 0 Å². The molecule has 1 aromatic rings. The van der Waals surface area contributed by atoms with Gasteiger partial charge in [0, 0.05) is 26.2 Å². The van der Waals surface area contributed by atoms with Crippen molar-refractivity contribution >= 4 is 0 Å². The fourth-order valence-corrected chi connectivity index (χ4v) is 3.32. The van der Waals surface area contributed by atoms with Crippen LogP contribution in [0.3, 0.4) is 0 Å². The fourth-order valence-electron chi connectivity index (χ4n) is 3.32. The van der Waals surface area contributed by atoms with Gasteiger partial charge < -0.3 is 5.11 Å². The van der Waals surface area contributed by atoms with Crippen LogP contribution in [0.15, 0.2) is 30.3 Å². The first kappa shape index (κ1) is 10.3. The van der Waals surface area contributed by atoms with Crippen molar-refractivity contribution in [1.29, 1.82) is 0 Å². The van der Waals surface area contributed by atoms with Crippen molar-refractivity contribution in [2.24, 2.45) is 17.8 Å². The normalized spacial score (nSPS) is 33.4. The van der Waals surface area contributed by atoms with Crippen LogP contribution in [0.1, 0.15) is 12.0 Å². The topological polar surface area (TPSA) is 23.5 Å². The van der Waals surface area contributed by atoms with Crippen molar-refractivity contribution in [1.82, 2.24) is 4.90 Å². The van der Waals surface area contributed by atoms with Crippen LogP contribution in [0.4, 0.5) is 0 Å². The summed E-state index contributed by atoms with van der Waals surface area (Å²) < 4.78 is 0. The van der Waals surface area contributed by atoms with E-state index in [0.717, 1.165) is 18.4 Å². The van der Waals surface area contributed by atoms with Crippen LogP contribution >= 0.6 is 0 Å². The molecule has 2 nitrogen and oxygen atoms in total. The molecule has 1 heterocycles. The third-order valence-electron chi connectivity index (χ3n) is 4.26. The number of aliphatic hydroxyl groups is 1. The lowest BCUT2D eigenvalue weighted by atomic mass is 9.67. The molecule has 86 valence electrons. The van der Waals surface area contributed by atoms with Crippen LogP contribution in [0.25, 0.3) is 0 Å². The van der Waals surface area contributed by atoms with Gasteiger partial charge in [0.2, 0.25) is 0 Å². The average Bonchev–Trinajstić information content (AvgIpc) is 2.60. The minimum absolute atomic E-state index is 0.389. The Morgan fingerprint density at radius 1 is 1.19 bits per heavy atom. The average molecular weight is 217 g/mol. The van der Waals surface area contributed by atoms with E-state index >= 15 is 0 Å². The molecule has 1 N–H and O–H groups in total. The number of rotatable bonds is 3. The maximum atomic E-state index is 9.19. The molecule has 0 radical (unpaired) electrons. The number of fused-ring (bicyclic) bond motifs is 1. The first-order valence-electron chi connectivity index (χ1n) is 6.24. The van der Waals surface area contributed by atoms with E-state index in [9.17, 15) is 5.11 Å². The minimum atomic E-state index is 0.389. The summed E-state index contributed by atoms with van der Waals surface area (Å²) in [6.45, 7) is 3.88. The van der Waals surface area contributed by atoms with Gasteiger partial charge in [0.1, 0.15) is 0 Å². The van der Waals surface area contributed by atoms with Crippen LogP contribution < -0.4 is 0 Å². The molecule has 2 fully saturated rings. The molecule has 0 aromatic heterocycles. The number of nitrogens with zero attached hydrogens (tertiary/aromatic N) is 1. The molecular formula is C14H19NO. The molecular weight excluding hydrogens is 198 g/mol. The molecule has 1 saturated heterocycles. The molecule has 16 heavy (non-hydrogen) atoms. The van der Waals surface area contributed by atoms with Crippen molar-refractivity contribution in [2.45, 2.75) is 13.0 Å². The van der Waals surface area contributed by atoms with E-state index in [0.29, 0.717) is 12.5 Å². The Hall–Kier alpha value is -0.860. The molecule has 1 unspecified atom stereocenters. The minimum Gasteiger partial charge on any atom is -0.396 e. The van der Waals surface area contributed by atoms with Gasteiger partial charge in [-0.15, -0.1) is 0 Å². The monoisotopic (exact) mass is 217 g/mol. The molecule has 2 aliphatic rings. The van der Waals surface area contributed by atoms with Crippen molar-refractivity contribution in [3.8, 4) is 0 Å². The summed E-state index contributed by atoms with van der Waals surface area (Å²) in [6.07, 6.45) is 1.24. The molecule has 2 heteroatoms. The van der Waals surface area contributed by atoms with Crippen molar-refractivity contribution in [2.75, 3.05) is 19.7 Å². The molecule has 0 spiro atoms. The van der Waals surface area contributed by atoms with Crippen LogP contribution in [-0.4, -0.2) is 29.7 Å². The van der Waals surface area contributed by atoms with Gasteiger partial charge in [-0.2, -0.15) is 0 Å². The van der Waals surface area contributed by atoms with Gasteiger partial charge in [0.25, 0.3) is 0 Å². The molecule has 3 atom stereocenters. The highest BCUT2D eigenvalue weighted by Crippen LogP contribution is 2.45. The Balaban J connectivity index is 1.59. The Morgan fingerprint density at radius 3 is 2.75 bits per heavy atom. The summed E-state index contributed by atoms with van der Waals surface area (Å²) in [5.41, 5.74) is 1.41. The molecule has 0 amide bonds. The van der Waals surface area contributed by atoms with E-state index in [-0.39, 0.29) is 0 Å². The van der Waals surface area contributed by atoms with E-state index in [1.165, 1.54) is 25.1 Å². The highest BCUT2D eigenvalue weighted by molar-refractivity contribution is 5.15. The Bertz CT molecular complexity index is 351. The number of benzene rings is 1. The van der Waals surface area contributed by atoms with E-state index in [1.807, 2.05) is 0 Å². The zero-order valence-electron chi connectivity index (χ0n) is 9.55. The van der Waals surface area contributed by atoms with E-state index in [2.05, 4.69) is 35.2 Å². The predicted octanol–water partition coefficient (Wildman–Crippen LogP) is 1.75. The first-order chi connectivity index (χ1) is 7.86. The third-order valence-corrected chi connectivity index (χ3v) is 4.26. The summed E-state index contributed by atoms with van der Waals surface area (Å²) in [7, 11) is 0. The number of likely N-dealkylation sites (tertiary alicyclic amines) is 1. The number of aliphatic hydroxyl groups excluding tert-OH is 1. The standard InChI is InChI=1S/C14H19NO/c16-10-13-6-12-8-15(9-14(12)13)7-11-4-2-1-3-5-11/h1-5,12-14,16H,6-10H2/t12-,13?,14+/m1/s1. The van der Waals surface area contributed by atoms with Crippen molar-refractivity contribution in [3.05, 3.63) is 35.9 Å². The maximum absolute atomic E-state index is 9.19. The van der Waals surface area contributed by atoms with Crippen LogP contribution in [-0.2, 0) is 6.54 Å². The second-order valence-electron chi connectivity index (χ2n) is 5.28. The van der Waals surface area contributed by atoms with E-state index < -0.39 is 0 Å². The van der Waals surface area contributed by atoms with Crippen LogP contribution in [0.5, 0.6) is 0 Å². The highest BCUT2D eigenvalue weighted by atomic mass is 16.3. The smallest absolute Gasteiger partial charge is 0.0462 e. The maximum Gasteiger partial charge on any atom is 0.0462 e. The Labute approximate surface area is 96.9 Å². The quantitative estimate of drug-likeness (QED) is 0.833. The van der Waals surface area contributed by atoms with Gasteiger partial charge in [-0.1, -0.05) is 30.3 Å². The summed E-state index contributed by atoms with van der Waals surface area (Å²) >= 11 is 0. The molecule has 1 saturated carbocycles. The molecule has 1 aromatic carbocycles. The molecule has 1 aliphatic heterocycles. The van der Waals surface area contributed by atoms with Gasteiger partial charge in [-0.05, 0) is 29.7 Å². The van der Waals surface area contributed by atoms with Gasteiger partial charge in [0.05, 0.1) is 0 Å². The second kappa shape index (κ2) is 4.19. The lowest BCUT2D eigenvalue weighted by Crippen LogP contribution is -2.37. The largest absolute Gasteiger partial charge is 0.396 e. The second-order valence-corrected chi connectivity index (χ2v) is 5.28. The summed E-state index contributed by atoms with van der Waals surface area (Å²) in [6, 6.07) is 10.7. The van der Waals surface area contributed by atoms with Crippen LogP contribution in [0.2, 0.25) is 0 Å².